The van der Waals surface area contributed by atoms with Crippen molar-refractivity contribution in [1.82, 2.24) is 14.9 Å². The second-order valence-electron chi connectivity index (χ2n) is 8.55. The molecule has 0 aliphatic heterocycles. The Morgan fingerprint density at radius 1 is 1.28 bits per heavy atom. The zero-order valence-corrected chi connectivity index (χ0v) is 18.5. The number of amides is 1. The Morgan fingerprint density at radius 2 is 2.00 bits per heavy atom. The number of nitrogens with two attached hydrogens (primary N) is 1. The number of aromatic nitrogens is 3. The van der Waals surface area contributed by atoms with E-state index in [-0.39, 0.29) is 17.1 Å². The number of hydrogen-bond donors (Lipinski definition) is 2. The monoisotopic (exact) mass is 417 g/mol. The molecule has 1 saturated carbocycles. The van der Waals surface area contributed by atoms with E-state index in [4.69, 9.17) is 10.6 Å². The summed E-state index contributed by atoms with van der Waals surface area (Å²) < 4.78 is 6.95. The van der Waals surface area contributed by atoms with Crippen LogP contribution in [0, 0.1) is 0 Å². The molecule has 0 spiro atoms. The minimum absolute atomic E-state index is 0.0218. The van der Waals surface area contributed by atoms with Crippen molar-refractivity contribution in [2.45, 2.75) is 69.4 Å². The quantitative estimate of drug-likeness (QED) is 0.543. The Hall–Kier alpha value is -2.22. The molecule has 1 aliphatic rings. The van der Waals surface area contributed by atoms with Crippen molar-refractivity contribution in [2.24, 2.45) is 0 Å². The van der Waals surface area contributed by atoms with Crippen LogP contribution in [0.4, 0.5) is 5.69 Å². The molecule has 0 saturated heterocycles. The molecule has 0 atom stereocenters. The van der Waals surface area contributed by atoms with Crippen LogP contribution in [-0.2, 0) is 10.2 Å². The van der Waals surface area contributed by atoms with Crippen molar-refractivity contribution in [3.63, 3.8) is 0 Å². The average molecular weight is 418 g/mol. The van der Waals surface area contributed by atoms with Crippen molar-refractivity contribution in [2.75, 3.05) is 24.0 Å². The van der Waals surface area contributed by atoms with Crippen LogP contribution in [0.25, 0.3) is 0 Å². The fourth-order valence-electron chi connectivity index (χ4n) is 3.61. The number of nitrogens with one attached hydrogen (secondary N) is 1. The average Bonchev–Trinajstić information content (AvgIpc) is 3.06. The summed E-state index contributed by atoms with van der Waals surface area (Å²) in [7, 11) is 1.60. The van der Waals surface area contributed by atoms with Crippen molar-refractivity contribution < 1.29 is 9.53 Å². The van der Waals surface area contributed by atoms with E-state index in [1.807, 2.05) is 18.2 Å². The second kappa shape index (κ2) is 9.07. The highest BCUT2D eigenvalue weighted by molar-refractivity contribution is 7.99. The number of nitrogens with zero attached hydrogens (tertiary/aromatic N) is 3. The zero-order chi connectivity index (χ0) is 21.0. The summed E-state index contributed by atoms with van der Waals surface area (Å²) in [6, 6.07) is 5.87. The molecule has 1 heterocycles. The minimum Gasteiger partial charge on any atom is -0.495 e. The zero-order valence-electron chi connectivity index (χ0n) is 17.7. The number of benzene rings is 1. The molecule has 7 nitrogen and oxygen atoms in total. The van der Waals surface area contributed by atoms with Crippen LogP contribution < -0.4 is 15.9 Å². The number of rotatable bonds is 6. The normalized spacial score (nSPS) is 15.3. The highest BCUT2D eigenvalue weighted by Gasteiger charge is 2.23. The molecular formula is C21H31N5O2S. The predicted octanol–water partition coefficient (Wildman–Crippen LogP) is 4.08. The van der Waals surface area contributed by atoms with Gasteiger partial charge in [-0.15, -0.1) is 10.2 Å². The maximum atomic E-state index is 12.5. The summed E-state index contributed by atoms with van der Waals surface area (Å²) >= 11 is 1.29. The van der Waals surface area contributed by atoms with Crippen molar-refractivity contribution in [3.05, 3.63) is 29.6 Å². The molecule has 0 radical (unpaired) electrons. The Morgan fingerprint density at radius 3 is 2.66 bits per heavy atom. The van der Waals surface area contributed by atoms with Crippen LogP contribution >= 0.6 is 11.8 Å². The molecule has 8 heteroatoms. The number of carbonyl (C=O) groups is 1. The van der Waals surface area contributed by atoms with Crippen LogP contribution in [0.3, 0.4) is 0 Å². The largest absolute Gasteiger partial charge is 0.495 e. The SMILES string of the molecule is COc1ccc(C(C)(C)C)cc1NC(=O)CSc1nnc(C2CCCCC2)n1N. The van der Waals surface area contributed by atoms with Gasteiger partial charge in [-0.2, -0.15) is 0 Å². The first-order chi connectivity index (χ1) is 13.8. The lowest BCUT2D eigenvalue weighted by atomic mass is 9.87. The smallest absolute Gasteiger partial charge is 0.234 e. The van der Waals surface area contributed by atoms with Gasteiger partial charge >= 0.3 is 0 Å². The van der Waals surface area contributed by atoms with E-state index in [0.29, 0.717) is 22.5 Å². The van der Waals surface area contributed by atoms with Crippen LogP contribution in [-0.4, -0.2) is 33.6 Å². The van der Waals surface area contributed by atoms with Gasteiger partial charge in [-0.1, -0.05) is 57.9 Å². The van der Waals surface area contributed by atoms with Crippen LogP contribution in [0.2, 0.25) is 0 Å². The highest BCUT2D eigenvalue weighted by atomic mass is 32.2. The summed E-state index contributed by atoms with van der Waals surface area (Å²) in [5.41, 5.74) is 1.77. The van der Waals surface area contributed by atoms with E-state index in [1.165, 1.54) is 31.0 Å². The highest BCUT2D eigenvalue weighted by Crippen LogP contribution is 2.33. The molecule has 29 heavy (non-hydrogen) atoms. The van der Waals surface area contributed by atoms with Gasteiger partial charge in [0.25, 0.3) is 0 Å². The first-order valence-electron chi connectivity index (χ1n) is 10.1. The molecule has 2 aromatic rings. The van der Waals surface area contributed by atoms with Crippen molar-refractivity contribution in [3.8, 4) is 5.75 Å². The number of thioether (sulfide) groups is 1. The molecule has 1 aromatic carbocycles. The number of carbonyl (C=O) groups excluding carboxylic acids is 1. The molecule has 1 aromatic heterocycles. The standard InChI is InChI=1S/C21H31N5O2S/c1-21(2,3)15-10-11-17(28-4)16(12-15)23-18(27)13-29-20-25-24-19(26(20)22)14-8-6-5-7-9-14/h10-12,14H,5-9,13,22H2,1-4H3,(H,23,27). The number of hydrogen-bond acceptors (Lipinski definition) is 6. The topological polar surface area (TPSA) is 95.1 Å². The van der Waals surface area contributed by atoms with Gasteiger partial charge < -0.3 is 15.9 Å². The van der Waals surface area contributed by atoms with Crippen molar-refractivity contribution >= 4 is 23.4 Å². The summed E-state index contributed by atoms with van der Waals surface area (Å²) in [5, 5.41) is 12.0. The lowest BCUT2D eigenvalue weighted by Gasteiger charge is -2.21. The number of methoxy groups -OCH3 is 1. The Bertz CT molecular complexity index is 853. The van der Waals surface area contributed by atoms with Crippen LogP contribution in [0.15, 0.2) is 23.4 Å². The Balaban J connectivity index is 1.64. The minimum atomic E-state index is -0.137. The van der Waals surface area contributed by atoms with E-state index in [9.17, 15) is 4.79 Å². The lowest BCUT2D eigenvalue weighted by molar-refractivity contribution is -0.113. The third-order valence-corrected chi connectivity index (χ3v) is 6.28. The maximum absolute atomic E-state index is 12.5. The molecule has 3 rings (SSSR count). The molecule has 0 unspecified atom stereocenters. The van der Waals surface area contributed by atoms with Gasteiger partial charge in [-0.25, -0.2) is 4.68 Å². The number of ether oxygens (including phenoxy) is 1. The van der Waals surface area contributed by atoms with E-state index in [2.05, 4.69) is 36.3 Å². The van der Waals surface area contributed by atoms with Gasteiger partial charge in [0.05, 0.1) is 18.6 Å². The number of nitrogen functional groups attached to an aromatic ring is 1. The molecule has 3 N–H and O–H groups in total. The summed E-state index contributed by atoms with van der Waals surface area (Å²) in [6.07, 6.45) is 5.89. The van der Waals surface area contributed by atoms with Gasteiger partial charge in [0.1, 0.15) is 5.75 Å². The van der Waals surface area contributed by atoms with Gasteiger partial charge in [0.2, 0.25) is 11.1 Å². The summed E-state index contributed by atoms with van der Waals surface area (Å²) in [6.45, 7) is 6.40. The van der Waals surface area contributed by atoms with E-state index in [1.54, 1.807) is 11.8 Å². The summed E-state index contributed by atoms with van der Waals surface area (Å²) in [4.78, 5) is 12.5. The fourth-order valence-corrected chi connectivity index (χ4v) is 4.28. The first kappa shape index (κ1) is 21.5. The molecule has 1 aliphatic carbocycles. The van der Waals surface area contributed by atoms with Gasteiger partial charge in [0.15, 0.2) is 5.82 Å². The van der Waals surface area contributed by atoms with Crippen LogP contribution in [0.5, 0.6) is 5.75 Å². The van der Waals surface area contributed by atoms with Crippen molar-refractivity contribution in [1.29, 1.82) is 0 Å². The first-order valence-corrected chi connectivity index (χ1v) is 11.1. The van der Waals surface area contributed by atoms with E-state index in [0.717, 1.165) is 24.2 Å². The fraction of sp³-hybridized carbons (Fsp3) is 0.571. The third kappa shape index (κ3) is 5.23. The van der Waals surface area contributed by atoms with Gasteiger partial charge in [-0.05, 0) is 36.0 Å². The Labute approximate surface area is 176 Å². The predicted molar refractivity (Wildman–Crippen MR) is 117 cm³/mol. The Kier molecular flexibility index (Phi) is 6.72. The van der Waals surface area contributed by atoms with E-state index < -0.39 is 0 Å². The third-order valence-electron chi connectivity index (χ3n) is 5.33. The van der Waals surface area contributed by atoms with E-state index >= 15 is 0 Å². The van der Waals surface area contributed by atoms with Gasteiger partial charge in [0, 0.05) is 5.92 Å². The number of anilines is 1. The molecule has 1 fully saturated rings. The molecule has 0 bridgehead atoms. The summed E-state index contributed by atoms with van der Waals surface area (Å²) in [5.74, 6) is 8.10. The second-order valence-corrected chi connectivity index (χ2v) is 9.49. The van der Waals surface area contributed by atoms with Crippen LogP contribution in [0.1, 0.15) is 70.2 Å². The molecular weight excluding hydrogens is 386 g/mol. The van der Waals surface area contributed by atoms with Gasteiger partial charge in [-0.3, -0.25) is 4.79 Å². The molecule has 1 amide bonds. The maximum Gasteiger partial charge on any atom is 0.234 e. The lowest BCUT2D eigenvalue weighted by Crippen LogP contribution is -2.20. The molecule has 158 valence electrons.